The van der Waals surface area contributed by atoms with Crippen LogP contribution >= 0.6 is 0 Å². The average Bonchev–Trinajstić information content (AvgIpc) is 2.99. The van der Waals surface area contributed by atoms with Crippen LogP contribution in [-0.4, -0.2) is 28.8 Å². The van der Waals surface area contributed by atoms with Crippen LogP contribution in [0.1, 0.15) is 44.1 Å². The summed E-state index contributed by atoms with van der Waals surface area (Å²) in [7, 11) is 1.64. The first kappa shape index (κ1) is 17.1. The van der Waals surface area contributed by atoms with Crippen molar-refractivity contribution in [3.05, 3.63) is 36.0 Å². The highest BCUT2D eigenvalue weighted by Gasteiger charge is 2.18. The third-order valence-corrected chi connectivity index (χ3v) is 3.82. The Kier molecular flexibility index (Phi) is 5.79. The smallest absolute Gasteiger partial charge is 0.269 e. The number of para-hydroxylation sites is 1. The maximum atomic E-state index is 12.5. The summed E-state index contributed by atoms with van der Waals surface area (Å²) in [5.74, 6) is 0.670. The lowest BCUT2D eigenvalue weighted by Crippen LogP contribution is -2.33. The second-order valence-electron chi connectivity index (χ2n) is 5.62. The van der Waals surface area contributed by atoms with Gasteiger partial charge in [0.15, 0.2) is 0 Å². The second-order valence-corrected chi connectivity index (χ2v) is 5.62. The Balaban J connectivity index is 2.40. The molecular formula is C18H25N3O2. The lowest BCUT2D eigenvalue weighted by atomic mass is 10.1. The van der Waals surface area contributed by atoms with Crippen molar-refractivity contribution in [1.82, 2.24) is 15.1 Å². The largest absolute Gasteiger partial charge is 0.496 e. The van der Waals surface area contributed by atoms with E-state index in [2.05, 4.69) is 24.3 Å². The standard InChI is InChI=1S/C18H25N3O2/c1-5-11-21-16(18(22)19-13(3)6-2)12-15(20-21)14-9-7-8-10-17(14)23-4/h7-10,12-13H,5-6,11H2,1-4H3,(H,19,22)/t13-/m0/s1. The molecule has 0 aliphatic carbocycles. The van der Waals surface area contributed by atoms with Crippen LogP contribution in [0, 0.1) is 0 Å². The zero-order valence-electron chi connectivity index (χ0n) is 14.3. The molecule has 23 heavy (non-hydrogen) atoms. The van der Waals surface area contributed by atoms with Gasteiger partial charge in [0.05, 0.1) is 12.8 Å². The topological polar surface area (TPSA) is 56.2 Å². The van der Waals surface area contributed by atoms with Crippen LogP contribution in [0.25, 0.3) is 11.3 Å². The second kappa shape index (κ2) is 7.81. The van der Waals surface area contributed by atoms with Gasteiger partial charge in [0.2, 0.25) is 0 Å². The molecule has 1 heterocycles. The van der Waals surface area contributed by atoms with Crippen molar-refractivity contribution < 1.29 is 9.53 Å². The summed E-state index contributed by atoms with van der Waals surface area (Å²) in [5.41, 5.74) is 2.24. The number of nitrogens with one attached hydrogen (secondary N) is 1. The normalized spacial score (nSPS) is 12.0. The molecular weight excluding hydrogens is 290 g/mol. The minimum Gasteiger partial charge on any atom is -0.496 e. The lowest BCUT2D eigenvalue weighted by Gasteiger charge is -2.12. The number of aryl methyl sites for hydroxylation is 1. The molecule has 1 aromatic carbocycles. The first-order valence-electron chi connectivity index (χ1n) is 8.12. The van der Waals surface area contributed by atoms with Crippen molar-refractivity contribution in [3.8, 4) is 17.0 Å². The fourth-order valence-corrected chi connectivity index (χ4v) is 2.37. The van der Waals surface area contributed by atoms with Crippen molar-refractivity contribution in [3.63, 3.8) is 0 Å². The molecule has 0 fully saturated rings. The van der Waals surface area contributed by atoms with Gasteiger partial charge < -0.3 is 10.1 Å². The fourth-order valence-electron chi connectivity index (χ4n) is 2.37. The monoisotopic (exact) mass is 315 g/mol. The van der Waals surface area contributed by atoms with Gasteiger partial charge in [-0.2, -0.15) is 5.10 Å². The highest BCUT2D eigenvalue weighted by Crippen LogP contribution is 2.29. The van der Waals surface area contributed by atoms with E-state index < -0.39 is 0 Å². The first-order valence-corrected chi connectivity index (χ1v) is 8.12. The summed E-state index contributed by atoms with van der Waals surface area (Å²) in [6.07, 6.45) is 1.81. The van der Waals surface area contributed by atoms with Crippen molar-refractivity contribution in [2.45, 2.75) is 46.2 Å². The Hall–Kier alpha value is -2.30. The van der Waals surface area contributed by atoms with Gasteiger partial charge >= 0.3 is 0 Å². The van der Waals surface area contributed by atoms with E-state index in [1.54, 1.807) is 11.8 Å². The molecule has 0 saturated carbocycles. The molecule has 0 bridgehead atoms. The minimum atomic E-state index is -0.0820. The predicted octanol–water partition coefficient (Wildman–Crippen LogP) is 3.50. The minimum absolute atomic E-state index is 0.0820. The highest BCUT2D eigenvalue weighted by atomic mass is 16.5. The molecule has 1 aromatic heterocycles. The number of carbonyl (C=O) groups is 1. The van der Waals surface area contributed by atoms with E-state index in [9.17, 15) is 4.79 Å². The van der Waals surface area contributed by atoms with Gasteiger partial charge in [-0.25, -0.2) is 0 Å². The van der Waals surface area contributed by atoms with Crippen LogP contribution in [0.2, 0.25) is 0 Å². The molecule has 1 amide bonds. The van der Waals surface area contributed by atoms with Crippen molar-refractivity contribution in [2.24, 2.45) is 0 Å². The molecule has 0 aliphatic heterocycles. The van der Waals surface area contributed by atoms with Crippen LogP contribution in [0.5, 0.6) is 5.75 Å². The van der Waals surface area contributed by atoms with Gasteiger partial charge in [0.25, 0.3) is 5.91 Å². The number of aromatic nitrogens is 2. The number of methoxy groups -OCH3 is 1. The molecule has 5 nitrogen and oxygen atoms in total. The van der Waals surface area contributed by atoms with Crippen LogP contribution in [0.15, 0.2) is 30.3 Å². The Morgan fingerprint density at radius 2 is 2.09 bits per heavy atom. The van der Waals surface area contributed by atoms with Crippen molar-refractivity contribution in [1.29, 1.82) is 0 Å². The third kappa shape index (κ3) is 3.92. The SMILES string of the molecule is CCCn1nc(-c2ccccc2OC)cc1C(=O)N[C@@H](C)CC. The van der Waals surface area contributed by atoms with Gasteiger partial charge in [0.1, 0.15) is 11.4 Å². The number of amides is 1. The number of hydrogen-bond acceptors (Lipinski definition) is 3. The van der Waals surface area contributed by atoms with Gasteiger partial charge in [-0.05, 0) is 38.0 Å². The van der Waals surface area contributed by atoms with E-state index in [1.807, 2.05) is 37.3 Å². The van der Waals surface area contributed by atoms with Crippen LogP contribution in [0.4, 0.5) is 0 Å². The number of rotatable bonds is 7. The van der Waals surface area contributed by atoms with E-state index >= 15 is 0 Å². The number of nitrogens with zero attached hydrogens (tertiary/aromatic N) is 2. The van der Waals surface area contributed by atoms with Crippen LogP contribution in [0.3, 0.4) is 0 Å². The summed E-state index contributed by atoms with van der Waals surface area (Å²) in [6, 6.07) is 9.69. The maximum Gasteiger partial charge on any atom is 0.269 e. The summed E-state index contributed by atoms with van der Waals surface area (Å²) in [4.78, 5) is 12.5. The fraction of sp³-hybridized carbons (Fsp3) is 0.444. The molecule has 0 unspecified atom stereocenters. The first-order chi connectivity index (χ1) is 11.1. The number of hydrogen-bond donors (Lipinski definition) is 1. The van der Waals surface area contributed by atoms with E-state index in [4.69, 9.17) is 4.74 Å². The molecule has 2 rings (SSSR count). The zero-order chi connectivity index (χ0) is 16.8. The Bertz CT molecular complexity index is 664. The van der Waals surface area contributed by atoms with E-state index in [-0.39, 0.29) is 11.9 Å². The third-order valence-electron chi connectivity index (χ3n) is 3.82. The number of ether oxygens (including phenoxy) is 1. The molecule has 1 N–H and O–H groups in total. The maximum absolute atomic E-state index is 12.5. The lowest BCUT2D eigenvalue weighted by molar-refractivity contribution is 0.0928. The van der Waals surface area contributed by atoms with Crippen molar-refractivity contribution >= 4 is 5.91 Å². The zero-order valence-corrected chi connectivity index (χ0v) is 14.3. The van der Waals surface area contributed by atoms with E-state index in [0.717, 1.165) is 29.8 Å². The number of carbonyl (C=O) groups excluding carboxylic acids is 1. The Morgan fingerprint density at radius 3 is 2.74 bits per heavy atom. The molecule has 2 aromatic rings. The quantitative estimate of drug-likeness (QED) is 0.851. The summed E-state index contributed by atoms with van der Waals surface area (Å²) >= 11 is 0. The van der Waals surface area contributed by atoms with E-state index in [1.165, 1.54) is 0 Å². The molecule has 0 radical (unpaired) electrons. The van der Waals surface area contributed by atoms with Gasteiger partial charge in [-0.3, -0.25) is 9.48 Å². The Labute approximate surface area is 137 Å². The molecule has 0 saturated heterocycles. The van der Waals surface area contributed by atoms with E-state index in [0.29, 0.717) is 12.2 Å². The summed E-state index contributed by atoms with van der Waals surface area (Å²) < 4.78 is 7.18. The Morgan fingerprint density at radius 1 is 1.35 bits per heavy atom. The van der Waals surface area contributed by atoms with Crippen LogP contribution in [-0.2, 0) is 6.54 Å². The summed E-state index contributed by atoms with van der Waals surface area (Å²) in [5, 5.41) is 7.62. The van der Waals surface area contributed by atoms with Gasteiger partial charge in [-0.1, -0.05) is 26.0 Å². The highest BCUT2D eigenvalue weighted by molar-refractivity contribution is 5.94. The van der Waals surface area contributed by atoms with Gasteiger partial charge in [-0.15, -0.1) is 0 Å². The van der Waals surface area contributed by atoms with Crippen LogP contribution < -0.4 is 10.1 Å². The molecule has 0 spiro atoms. The predicted molar refractivity (Wildman–Crippen MR) is 91.7 cm³/mol. The molecule has 5 heteroatoms. The molecule has 124 valence electrons. The average molecular weight is 315 g/mol. The van der Waals surface area contributed by atoms with Crippen molar-refractivity contribution in [2.75, 3.05) is 7.11 Å². The number of benzene rings is 1. The molecule has 1 atom stereocenters. The molecule has 0 aliphatic rings. The summed E-state index contributed by atoms with van der Waals surface area (Å²) in [6.45, 7) is 6.83. The van der Waals surface area contributed by atoms with Gasteiger partial charge in [0, 0.05) is 18.2 Å².